The molecule has 0 saturated carbocycles. The van der Waals surface area contributed by atoms with Gasteiger partial charge in [0.15, 0.2) is 0 Å². The zero-order valence-corrected chi connectivity index (χ0v) is 16.3. The van der Waals surface area contributed by atoms with Gasteiger partial charge < -0.3 is 14.7 Å². The van der Waals surface area contributed by atoms with Crippen molar-refractivity contribution in [1.29, 1.82) is 0 Å². The number of pyridine rings is 1. The molecule has 2 aliphatic heterocycles. The van der Waals surface area contributed by atoms with Crippen molar-refractivity contribution in [2.24, 2.45) is 5.92 Å². The number of anilines is 1. The smallest absolute Gasteiger partial charge is 0.255 e. The lowest BCUT2D eigenvalue weighted by atomic mass is 9.94. The number of hydrogen-bond donors (Lipinski definition) is 0. The van der Waals surface area contributed by atoms with Crippen LogP contribution in [0.5, 0.6) is 0 Å². The van der Waals surface area contributed by atoms with E-state index in [1.54, 1.807) is 36.7 Å². The second-order valence-electron chi connectivity index (χ2n) is 7.60. The second kappa shape index (κ2) is 8.59. The van der Waals surface area contributed by atoms with Crippen molar-refractivity contribution in [3.8, 4) is 0 Å². The Kier molecular flexibility index (Phi) is 5.74. The van der Waals surface area contributed by atoms with Gasteiger partial charge in [0.05, 0.1) is 5.56 Å². The third kappa shape index (κ3) is 4.39. The SMILES string of the molecule is O=C(c1cccnc1)N1CCC(C(=O)N2CCN(c3ccc(F)cc3)CC2)CC1. The first-order valence-electron chi connectivity index (χ1n) is 10.1. The molecule has 2 amide bonds. The topological polar surface area (TPSA) is 56.8 Å². The van der Waals surface area contributed by atoms with Gasteiger partial charge in [0.25, 0.3) is 5.91 Å². The molecule has 2 saturated heterocycles. The van der Waals surface area contributed by atoms with Crippen molar-refractivity contribution < 1.29 is 14.0 Å². The molecule has 3 heterocycles. The Hall–Kier alpha value is -2.96. The third-order valence-electron chi connectivity index (χ3n) is 5.82. The summed E-state index contributed by atoms with van der Waals surface area (Å²) >= 11 is 0. The van der Waals surface area contributed by atoms with E-state index < -0.39 is 0 Å². The van der Waals surface area contributed by atoms with Crippen LogP contribution in [0.25, 0.3) is 0 Å². The van der Waals surface area contributed by atoms with Crippen molar-refractivity contribution in [3.63, 3.8) is 0 Å². The second-order valence-corrected chi connectivity index (χ2v) is 7.60. The van der Waals surface area contributed by atoms with Crippen LogP contribution in [0.15, 0.2) is 48.8 Å². The molecule has 2 fully saturated rings. The molecule has 4 rings (SSSR count). The number of carbonyl (C=O) groups is 2. The van der Waals surface area contributed by atoms with Gasteiger partial charge in [-0.15, -0.1) is 0 Å². The molecule has 1 aromatic heterocycles. The molecule has 1 aromatic carbocycles. The molecular weight excluding hydrogens is 371 g/mol. The molecule has 2 aliphatic rings. The molecule has 0 spiro atoms. The van der Waals surface area contributed by atoms with Gasteiger partial charge in [0.2, 0.25) is 5.91 Å². The molecule has 6 nitrogen and oxygen atoms in total. The van der Waals surface area contributed by atoms with Gasteiger partial charge in [-0.05, 0) is 49.2 Å². The monoisotopic (exact) mass is 396 g/mol. The number of nitrogens with zero attached hydrogens (tertiary/aromatic N) is 4. The lowest BCUT2D eigenvalue weighted by Gasteiger charge is -2.39. The summed E-state index contributed by atoms with van der Waals surface area (Å²) in [5.41, 5.74) is 1.58. The number of aromatic nitrogens is 1. The van der Waals surface area contributed by atoms with E-state index >= 15 is 0 Å². The van der Waals surface area contributed by atoms with Crippen molar-refractivity contribution in [1.82, 2.24) is 14.8 Å². The minimum atomic E-state index is -0.240. The molecule has 0 bridgehead atoms. The minimum absolute atomic E-state index is 0.0167. The summed E-state index contributed by atoms with van der Waals surface area (Å²) in [7, 11) is 0. The Morgan fingerprint density at radius 1 is 0.897 bits per heavy atom. The Labute approximate surface area is 169 Å². The quantitative estimate of drug-likeness (QED) is 0.800. The van der Waals surface area contributed by atoms with Crippen LogP contribution in [0.3, 0.4) is 0 Å². The first-order valence-corrected chi connectivity index (χ1v) is 10.1. The fraction of sp³-hybridized carbons (Fsp3) is 0.409. The standard InChI is InChI=1S/C22H25FN4O2/c23-19-3-5-20(6-4-19)25-12-14-27(15-13-25)21(28)17-7-10-26(11-8-17)22(29)18-2-1-9-24-16-18/h1-6,9,16-17H,7-8,10-15H2. The van der Waals surface area contributed by atoms with E-state index in [0.717, 1.165) is 18.8 Å². The molecule has 7 heteroatoms. The predicted octanol–water partition coefficient (Wildman–Crippen LogP) is 2.42. The predicted molar refractivity (Wildman–Crippen MR) is 108 cm³/mol. The summed E-state index contributed by atoms with van der Waals surface area (Å²) < 4.78 is 13.1. The van der Waals surface area contributed by atoms with Crippen LogP contribution >= 0.6 is 0 Å². The Morgan fingerprint density at radius 2 is 1.59 bits per heavy atom. The van der Waals surface area contributed by atoms with Crippen LogP contribution in [-0.2, 0) is 4.79 Å². The summed E-state index contributed by atoms with van der Waals surface area (Å²) in [5, 5.41) is 0. The fourth-order valence-electron chi connectivity index (χ4n) is 4.10. The molecule has 0 aliphatic carbocycles. The number of piperidine rings is 1. The Morgan fingerprint density at radius 3 is 2.21 bits per heavy atom. The number of rotatable bonds is 3. The number of hydrogen-bond acceptors (Lipinski definition) is 4. The highest BCUT2D eigenvalue weighted by atomic mass is 19.1. The van der Waals surface area contributed by atoms with E-state index in [4.69, 9.17) is 0 Å². The van der Waals surface area contributed by atoms with Crippen LogP contribution in [0.2, 0.25) is 0 Å². The van der Waals surface area contributed by atoms with Crippen molar-refractivity contribution >= 4 is 17.5 Å². The van der Waals surface area contributed by atoms with Gasteiger partial charge in [-0.25, -0.2) is 4.39 Å². The first kappa shape index (κ1) is 19.4. The zero-order chi connectivity index (χ0) is 20.2. The van der Waals surface area contributed by atoms with Crippen molar-refractivity contribution in [3.05, 3.63) is 60.2 Å². The maximum Gasteiger partial charge on any atom is 0.255 e. The van der Waals surface area contributed by atoms with Gasteiger partial charge in [0, 0.05) is 63.3 Å². The minimum Gasteiger partial charge on any atom is -0.368 e. The highest BCUT2D eigenvalue weighted by Gasteiger charge is 2.32. The summed E-state index contributed by atoms with van der Waals surface area (Å²) in [5.74, 6) is -0.0876. The molecule has 2 aromatic rings. The van der Waals surface area contributed by atoms with Crippen LogP contribution in [-0.4, -0.2) is 65.9 Å². The van der Waals surface area contributed by atoms with Crippen LogP contribution < -0.4 is 4.90 Å². The third-order valence-corrected chi connectivity index (χ3v) is 5.82. The van der Waals surface area contributed by atoms with Crippen LogP contribution in [0.4, 0.5) is 10.1 Å². The molecule has 0 unspecified atom stereocenters. The summed E-state index contributed by atoms with van der Waals surface area (Å²) in [6, 6.07) is 10.0. The average Bonchev–Trinajstić information content (AvgIpc) is 2.79. The van der Waals surface area contributed by atoms with Crippen LogP contribution in [0, 0.1) is 11.7 Å². The van der Waals surface area contributed by atoms with Crippen molar-refractivity contribution in [2.45, 2.75) is 12.8 Å². The molecular formula is C22H25FN4O2. The average molecular weight is 396 g/mol. The molecule has 0 atom stereocenters. The highest BCUT2D eigenvalue weighted by molar-refractivity contribution is 5.94. The molecule has 0 radical (unpaired) electrons. The van der Waals surface area contributed by atoms with Gasteiger partial charge in [-0.1, -0.05) is 0 Å². The normalized spacial score (nSPS) is 18.0. The highest BCUT2D eigenvalue weighted by Crippen LogP contribution is 2.23. The summed E-state index contributed by atoms with van der Waals surface area (Å²) in [4.78, 5) is 35.4. The summed E-state index contributed by atoms with van der Waals surface area (Å²) in [6.07, 6.45) is 4.63. The lowest BCUT2D eigenvalue weighted by Crippen LogP contribution is -2.52. The largest absolute Gasteiger partial charge is 0.368 e. The van der Waals surface area contributed by atoms with Crippen LogP contribution in [0.1, 0.15) is 23.2 Å². The van der Waals surface area contributed by atoms with E-state index in [1.165, 1.54) is 12.1 Å². The number of piperazine rings is 1. The Balaban J connectivity index is 1.27. The van der Waals surface area contributed by atoms with E-state index in [0.29, 0.717) is 44.6 Å². The van der Waals surface area contributed by atoms with Gasteiger partial charge in [-0.3, -0.25) is 14.6 Å². The number of benzene rings is 1. The van der Waals surface area contributed by atoms with Gasteiger partial charge >= 0.3 is 0 Å². The van der Waals surface area contributed by atoms with Crippen molar-refractivity contribution in [2.75, 3.05) is 44.2 Å². The van der Waals surface area contributed by atoms with E-state index in [-0.39, 0.29) is 23.5 Å². The fourth-order valence-corrected chi connectivity index (χ4v) is 4.10. The van der Waals surface area contributed by atoms with E-state index in [9.17, 15) is 14.0 Å². The molecule has 29 heavy (non-hydrogen) atoms. The van der Waals surface area contributed by atoms with E-state index in [1.807, 2.05) is 9.80 Å². The summed E-state index contributed by atoms with van der Waals surface area (Å²) in [6.45, 7) is 4.03. The van der Waals surface area contributed by atoms with E-state index in [2.05, 4.69) is 9.88 Å². The number of carbonyl (C=O) groups excluding carboxylic acids is 2. The van der Waals surface area contributed by atoms with Gasteiger partial charge in [-0.2, -0.15) is 0 Å². The number of halogens is 1. The molecule has 152 valence electrons. The zero-order valence-electron chi connectivity index (χ0n) is 16.3. The number of likely N-dealkylation sites (tertiary alicyclic amines) is 1. The maximum atomic E-state index is 13.1. The number of amides is 2. The Bertz CT molecular complexity index is 843. The first-order chi connectivity index (χ1) is 14.1. The maximum absolute atomic E-state index is 13.1. The molecule has 0 N–H and O–H groups in total. The lowest BCUT2D eigenvalue weighted by molar-refractivity contribution is -0.137. The van der Waals surface area contributed by atoms with Gasteiger partial charge in [0.1, 0.15) is 5.82 Å².